The van der Waals surface area contributed by atoms with Crippen LogP contribution in [0.25, 0.3) is 0 Å². The normalized spacial score (nSPS) is 17.2. The van der Waals surface area contributed by atoms with Gasteiger partial charge in [0.05, 0.1) is 0 Å². The van der Waals surface area contributed by atoms with Crippen LogP contribution in [0.4, 0.5) is 14.5 Å². The fraction of sp³-hybridized carbons (Fsp3) is 0.538. The summed E-state index contributed by atoms with van der Waals surface area (Å²) >= 11 is 0. The van der Waals surface area contributed by atoms with E-state index in [0.717, 1.165) is 37.2 Å². The Hall–Kier alpha value is -1.16. The highest BCUT2D eigenvalue weighted by Gasteiger charge is 2.21. The largest absolute Gasteiger partial charge is 0.377 e. The van der Waals surface area contributed by atoms with Crippen LogP contribution in [-0.4, -0.2) is 27.2 Å². The van der Waals surface area contributed by atoms with Gasteiger partial charge in [-0.15, -0.1) is 0 Å². The lowest BCUT2D eigenvalue weighted by Gasteiger charge is -2.27. The smallest absolute Gasteiger partial charge is 0.160 e. The summed E-state index contributed by atoms with van der Waals surface area (Å²) in [6.45, 7) is 1.88. The van der Waals surface area contributed by atoms with Gasteiger partial charge in [0, 0.05) is 25.8 Å². The number of anilines is 1. The summed E-state index contributed by atoms with van der Waals surface area (Å²) in [5.74, 6) is -1.20. The Kier molecular flexibility index (Phi) is 3.62. The number of piperidine rings is 1. The molecule has 0 spiro atoms. The zero-order valence-electron chi connectivity index (χ0n) is 10.3. The Balaban J connectivity index is 2.39. The van der Waals surface area contributed by atoms with E-state index >= 15 is 0 Å². The summed E-state index contributed by atoms with van der Waals surface area (Å²) in [6, 6.07) is 2.66. The molecule has 0 saturated carbocycles. The summed E-state index contributed by atoms with van der Waals surface area (Å²) < 4.78 is 26.6. The van der Waals surface area contributed by atoms with Crippen LogP contribution in [0.1, 0.15) is 24.3 Å². The Morgan fingerprint density at radius 1 is 1.12 bits per heavy atom. The highest BCUT2D eigenvalue weighted by Crippen LogP contribution is 2.33. The molecule has 0 aliphatic carbocycles. The van der Waals surface area contributed by atoms with Gasteiger partial charge in [0.25, 0.3) is 0 Å². The van der Waals surface area contributed by atoms with Gasteiger partial charge in [0.2, 0.25) is 0 Å². The highest BCUT2D eigenvalue weighted by atomic mass is 19.2. The fourth-order valence-corrected chi connectivity index (χ4v) is 2.40. The van der Waals surface area contributed by atoms with E-state index in [0.29, 0.717) is 5.92 Å². The second kappa shape index (κ2) is 5.00. The molecule has 0 bridgehead atoms. The monoisotopic (exact) mass is 240 g/mol. The van der Waals surface area contributed by atoms with Crippen LogP contribution in [-0.2, 0) is 0 Å². The molecule has 1 aliphatic heterocycles. The van der Waals surface area contributed by atoms with Crippen molar-refractivity contribution in [2.75, 3.05) is 32.1 Å². The lowest BCUT2D eigenvalue weighted by Crippen LogP contribution is -2.27. The number of hydrogen-bond acceptors (Lipinski definition) is 2. The van der Waals surface area contributed by atoms with E-state index in [1.165, 1.54) is 12.1 Å². The maximum atomic E-state index is 13.4. The molecule has 1 fully saturated rings. The predicted octanol–water partition coefficient (Wildman–Crippen LogP) is 2.50. The quantitative estimate of drug-likeness (QED) is 0.854. The minimum atomic E-state index is -0.772. The molecule has 0 unspecified atom stereocenters. The van der Waals surface area contributed by atoms with Gasteiger partial charge in [-0.1, -0.05) is 0 Å². The number of hydrogen-bond donors (Lipinski definition) is 1. The average Bonchev–Trinajstić information content (AvgIpc) is 2.33. The van der Waals surface area contributed by atoms with Crippen molar-refractivity contribution >= 4 is 5.69 Å². The average molecular weight is 240 g/mol. The number of nitrogens with zero attached hydrogens (tertiary/aromatic N) is 1. The first-order valence-electron chi connectivity index (χ1n) is 5.96. The molecule has 1 saturated heterocycles. The molecule has 1 heterocycles. The summed E-state index contributed by atoms with van der Waals surface area (Å²) in [6.07, 6.45) is 1.96. The molecule has 0 aromatic heterocycles. The first-order chi connectivity index (χ1) is 8.09. The van der Waals surface area contributed by atoms with Crippen molar-refractivity contribution in [3.8, 4) is 0 Å². The fourth-order valence-electron chi connectivity index (χ4n) is 2.40. The molecular weight excluding hydrogens is 222 g/mol. The standard InChI is InChI=1S/C13H18F2N2/c1-17(2)13-8-12(15)11(14)7-10(13)9-3-5-16-6-4-9/h7-9,16H,3-6H2,1-2H3. The molecule has 1 aliphatic rings. The van der Waals surface area contributed by atoms with Gasteiger partial charge in [-0.25, -0.2) is 8.78 Å². The van der Waals surface area contributed by atoms with E-state index in [1.54, 1.807) is 0 Å². The number of halogens is 2. The van der Waals surface area contributed by atoms with E-state index < -0.39 is 11.6 Å². The van der Waals surface area contributed by atoms with Crippen molar-refractivity contribution in [1.82, 2.24) is 5.32 Å². The van der Waals surface area contributed by atoms with Crippen LogP contribution < -0.4 is 10.2 Å². The van der Waals surface area contributed by atoms with Crippen molar-refractivity contribution < 1.29 is 8.78 Å². The topological polar surface area (TPSA) is 15.3 Å². The molecule has 0 amide bonds. The molecule has 1 aromatic rings. The second-order valence-corrected chi connectivity index (χ2v) is 4.74. The van der Waals surface area contributed by atoms with Crippen molar-refractivity contribution in [3.05, 3.63) is 29.3 Å². The van der Waals surface area contributed by atoms with E-state index in [2.05, 4.69) is 5.32 Å². The van der Waals surface area contributed by atoms with Crippen LogP contribution in [0.3, 0.4) is 0 Å². The minimum absolute atomic E-state index is 0.323. The number of benzene rings is 1. The molecular formula is C13H18F2N2. The summed E-state index contributed by atoms with van der Waals surface area (Å²) in [5.41, 5.74) is 1.71. The van der Waals surface area contributed by atoms with Crippen molar-refractivity contribution in [3.63, 3.8) is 0 Å². The van der Waals surface area contributed by atoms with Gasteiger partial charge in [0.15, 0.2) is 11.6 Å². The van der Waals surface area contributed by atoms with E-state index in [9.17, 15) is 8.78 Å². The Labute approximate surface area is 101 Å². The zero-order valence-corrected chi connectivity index (χ0v) is 10.3. The molecule has 0 atom stereocenters. The molecule has 1 N–H and O–H groups in total. The third-order valence-corrected chi connectivity index (χ3v) is 3.33. The summed E-state index contributed by atoms with van der Waals surface area (Å²) in [4.78, 5) is 1.85. The van der Waals surface area contributed by atoms with Crippen LogP contribution in [0, 0.1) is 11.6 Å². The van der Waals surface area contributed by atoms with Crippen LogP contribution in [0.2, 0.25) is 0 Å². The SMILES string of the molecule is CN(C)c1cc(F)c(F)cc1C1CCNCC1. The highest BCUT2D eigenvalue weighted by molar-refractivity contribution is 5.54. The maximum absolute atomic E-state index is 13.4. The summed E-state index contributed by atoms with van der Waals surface area (Å²) in [5, 5.41) is 3.28. The van der Waals surface area contributed by atoms with Crippen molar-refractivity contribution in [1.29, 1.82) is 0 Å². The zero-order chi connectivity index (χ0) is 12.4. The van der Waals surface area contributed by atoms with Crippen LogP contribution in [0.15, 0.2) is 12.1 Å². The molecule has 94 valence electrons. The molecule has 2 rings (SSSR count). The molecule has 17 heavy (non-hydrogen) atoms. The molecule has 1 aromatic carbocycles. The lowest BCUT2D eigenvalue weighted by atomic mass is 9.88. The predicted molar refractivity (Wildman–Crippen MR) is 65.5 cm³/mol. The third-order valence-electron chi connectivity index (χ3n) is 3.33. The first-order valence-corrected chi connectivity index (χ1v) is 5.96. The minimum Gasteiger partial charge on any atom is -0.377 e. The Morgan fingerprint density at radius 2 is 1.71 bits per heavy atom. The van der Waals surface area contributed by atoms with Crippen LogP contribution >= 0.6 is 0 Å². The van der Waals surface area contributed by atoms with Crippen LogP contribution in [0.5, 0.6) is 0 Å². The van der Waals surface area contributed by atoms with Gasteiger partial charge >= 0.3 is 0 Å². The maximum Gasteiger partial charge on any atom is 0.160 e. The van der Waals surface area contributed by atoms with Crippen molar-refractivity contribution in [2.24, 2.45) is 0 Å². The van der Waals surface area contributed by atoms with E-state index in [-0.39, 0.29) is 0 Å². The van der Waals surface area contributed by atoms with Gasteiger partial charge < -0.3 is 10.2 Å². The van der Waals surface area contributed by atoms with Gasteiger partial charge in [0.1, 0.15) is 0 Å². The summed E-state index contributed by atoms with van der Waals surface area (Å²) in [7, 11) is 3.72. The van der Waals surface area contributed by atoms with Crippen molar-refractivity contribution in [2.45, 2.75) is 18.8 Å². The number of rotatable bonds is 2. The lowest BCUT2D eigenvalue weighted by molar-refractivity contribution is 0.454. The molecule has 2 nitrogen and oxygen atoms in total. The number of nitrogens with one attached hydrogen (secondary N) is 1. The van der Waals surface area contributed by atoms with Gasteiger partial charge in [-0.05, 0) is 43.5 Å². The Bertz CT molecular complexity index is 399. The van der Waals surface area contributed by atoms with Gasteiger partial charge in [-0.3, -0.25) is 0 Å². The molecule has 4 heteroatoms. The van der Waals surface area contributed by atoms with E-state index in [1.807, 2.05) is 19.0 Å². The van der Waals surface area contributed by atoms with Gasteiger partial charge in [-0.2, -0.15) is 0 Å². The van der Waals surface area contributed by atoms with E-state index in [4.69, 9.17) is 0 Å². The third kappa shape index (κ3) is 2.57. The Morgan fingerprint density at radius 3 is 2.29 bits per heavy atom. The second-order valence-electron chi connectivity index (χ2n) is 4.74. The first kappa shape index (κ1) is 12.3. The molecule has 0 radical (unpaired) electrons.